The molecule has 4 rings (SSSR count). The number of rotatable bonds is 3. The van der Waals surface area contributed by atoms with Crippen LogP contribution in [0.2, 0.25) is 0 Å². The third kappa shape index (κ3) is 3.38. The highest BCUT2D eigenvalue weighted by Crippen LogP contribution is 2.35. The van der Waals surface area contributed by atoms with E-state index in [1.165, 1.54) is 23.5 Å². The molecule has 5 nitrogen and oxygen atoms in total. The number of ether oxygens (including phenoxy) is 1. The molecular formula is C20H18FN3O2S. The number of nitrogens with one attached hydrogen (secondary N) is 1. The first kappa shape index (κ1) is 17.5. The maximum absolute atomic E-state index is 14.5. The van der Waals surface area contributed by atoms with Crippen LogP contribution in [-0.4, -0.2) is 18.5 Å². The average Bonchev–Trinajstić information content (AvgIpc) is 3.07. The maximum atomic E-state index is 14.5. The van der Waals surface area contributed by atoms with E-state index in [0.29, 0.717) is 29.1 Å². The first-order valence-corrected chi connectivity index (χ1v) is 9.35. The van der Waals surface area contributed by atoms with Crippen molar-refractivity contribution in [2.24, 2.45) is 10.7 Å². The molecule has 3 N–H and O–H groups in total. The van der Waals surface area contributed by atoms with Gasteiger partial charge in [0.1, 0.15) is 11.4 Å². The van der Waals surface area contributed by atoms with Gasteiger partial charge in [0.2, 0.25) is 0 Å². The number of carbonyl (C=O) groups is 1. The zero-order valence-electron chi connectivity index (χ0n) is 14.7. The third-order valence-corrected chi connectivity index (χ3v) is 5.74. The van der Waals surface area contributed by atoms with Crippen molar-refractivity contribution in [3.05, 3.63) is 64.8 Å². The number of thiophene rings is 1. The van der Waals surface area contributed by atoms with Crippen molar-refractivity contribution in [1.29, 1.82) is 0 Å². The van der Waals surface area contributed by atoms with Crippen molar-refractivity contribution in [2.45, 2.75) is 18.9 Å². The standard InChI is InChI=1S/C20H18FN3O2S/c1-20(8-9-23-19(22)26-20)14-11-13(6-7-15(14)21)24-18(25)17-10-12-4-2-3-5-16(12)27-17/h2-7,10-11H,8-9H2,1H3,(H2,22,23)(H,24,25)/t20-/m0/s1. The molecule has 1 aromatic heterocycles. The molecule has 1 aliphatic rings. The number of halogens is 1. The number of amidine groups is 1. The van der Waals surface area contributed by atoms with Gasteiger partial charge in [0.05, 0.1) is 4.88 Å². The summed E-state index contributed by atoms with van der Waals surface area (Å²) in [5, 5.41) is 3.86. The van der Waals surface area contributed by atoms with Crippen LogP contribution in [0.3, 0.4) is 0 Å². The van der Waals surface area contributed by atoms with Gasteiger partial charge < -0.3 is 15.8 Å². The lowest BCUT2D eigenvalue weighted by molar-refractivity contribution is 0.0482. The number of nitrogens with two attached hydrogens (primary N) is 1. The fraction of sp³-hybridized carbons (Fsp3) is 0.200. The van der Waals surface area contributed by atoms with E-state index in [4.69, 9.17) is 10.5 Å². The van der Waals surface area contributed by atoms with Crippen LogP contribution in [0, 0.1) is 5.82 Å². The minimum Gasteiger partial charge on any atom is -0.454 e. The van der Waals surface area contributed by atoms with Crippen molar-refractivity contribution in [3.8, 4) is 0 Å². The molecule has 2 heterocycles. The minimum absolute atomic E-state index is 0.0443. The fourth-order valence-corrected chi connectivity index (χ4v) is 4.14. The van der Waals surface area contributed by atoms with E-state index in [-0.39, 0.29) is 11.9 Å². The van der Waals surface area contributed by atoms with Crippen LogP contribution < -0.4 is 11.1 Å². The van der Waals surface area contributed by atoms with Gasteiger partial charge in [-0.3, -0.25) is 4.79 Å². The summed E-state index contributed by atoms with van der Waals surface area (Å²) in [6, 6.07) is 14.2. The zero-order valence-corrected chi connectivity index (χ0v) is 15.5. The van der Waals surface area contributed by atoms with Crippen LogP contribution in [0.25, 0.3) is 10.1 Å². The lowest BCUT2D eigenvalue weighted by Gasteiger charge is -2.33. The van der Waals surface area contributed by atoms with E-state index in [9.17, 15) is 9.18 Å². The molecule has 0 saturated heterocycles. The quantitative estimate of drug-likeness (QED) is 0.710. The molecular weight excluding hydrogens is 365 g/mol. The van der Waals surface area contributed by atoms with Crippen LogP contribution in [0.4, 0.5) is 10.1 Å². The molecule has 2 aromatic carbocycles. The first-order valence-electron chi connectivity index (χ1n) is 8.53. The summed E-state index contributed by atoms with van der Waals surface area (Å²) in [6.07, 6.45) is 0.498. The van der Waals surface area contributed by atoms with Gasteiger partial charge in [-0.1, -0.05) is 18.2 Å². The molecule has 1 aliphatic heterocycles. The summed E-state index contributed by atoms with van der Waals surface area (Å²) >= 11 is 1.42. The molecule has 0 spiro atoms. The summed E-state index contributed by atoms with van der Waals surface area (Å²) in [7, 11) is 0. The predicted molar refractivity (Wildman–Crippen MR) is 106 cm³/mol. The highest BCUT2D eigenvalue weighted by atomic mass is 32.1. The van der Waals surface area contributed by atoms with Crippen molar-refractivity contribution in [1.82, 2.24) is 0 Å². The Morgan fingerprint density at radius 2 is 2.11 bits per heavy atom. The normalized spacial score (nSPS) is 19.4. The van der Waals surface area contributed by atoms with E-state index in [2.05, 4.69) is 10.3 Å². The molecule has 0 saturated carbocycles. The highest BCUT2D eigenvalue weighted by molar-refractivity contribution is 7.20. The molecule has 0 unspecified atom stereocenters. The number of benzene rings is 2. The summed E-state index contributed by atoms with van der Waals surface area (Å²) in [5.74, 6) is -0.642. The Balaban J connectivity index is 1.61. The van der Waals surface area contributed by atoms with Crippen molar-refractivity contribution in [3.63, 3.8) is 0 Å². The maximum Gasteiger partial charge on any atom is 0.282 e. The van der Waals surface area contributed by atoms with E-state index in [1.54, 1.807) is 13.0 Å². The summed E-state index contributed by atoms with van der Waals surface area (Å²) in [5.41, 5.74) is 5.59. The Hall–Kier alpha value is -2.93. The van der Waals surface area contributed by atoms with Crippen molar-refractivity contribution in [2.75, 3.05) is 11.9 Å². The van der Waals surface area contributed by atoms with Gasteiger partial charge >= 0.3 is 0 Å². The number of fused-ring (bicyclic) bond motifs is 1. The SMILES string of the molecule is C[C@@]1(c2cc(NC(=O)c3cc4ccccc4s3)ccc2F)CCN=C(N)O1. The number of aliphatic imine (C=N–C) groups is 1. The molecule has 1 atom stereocenters. The zero-order chi connectivity index (χ0) is 19.0. The molecule has 0 radical (unpaired) electrons. The van der Waals surface area contributed by atoms with Gasteiger partial charge in [-0.05, 0) is 42.6 Å². The largest absolute Gasteiger partial charge is 0.454 e. The van der Waals surface area contributed by atoms with Crippen LogP contribution in [0.15, 0.2) is 53.5 Å². The number of carbonyl (C=O) groups excluding carboxylic acids is 1. The molecule has 3 aromatic rings. The topological polar surface area (TPSA) is 76.7 Å². The monoisotopic (exact) mass is 383 g/mol. The van der Waals surface area contributed by atoms with Crippen LogP contribution in [0.1, 0.15) is 28.6 Å². The fourth-order valence-electron chi connectivity index (χ4n) is 3.18. The molecule has 138 valence electrons. The predicted octanol–water partition coefficient (Wildman–Crippen LogP) is 4.24. The van der Waals surface area contributed by atoms with Crippen LogP contribution in [-0.2, 0) is 10.3 Å². The highest BCUT2D eigenvalue weighted by Gasteiger charge is 2.35. The van der Waals surface area contributed by atoms with E-state index in [1.807, 2.05) is 30.3 Å². The van der Waals surface area contributed by atoms with Gasteiger partial charge in [0.25, 0.3) is 11.9 Å². The number of hydrogen-bond acceptors (Lipinski definition) is 5. The summed E-state index contributed by atoms with van der Waals surface area (Å²) < 4.78 is 21.1. The van der Waals surface area contributed by atoms with Gasteiger partial charge in [-0.2, -0.15) is 0 Å². The van der Waals surface area contributed by atoms with Crippen molar-refractivity contribution >= 4 is 39.0 Å². The van der Waals surface area contributed by atoms with E-state index in [0.717, 1.165) is 10.1 Å². The Morgan fingerprint density at radius 1 is 1.30 bits per heavy atom. The summed E-state index contributed by atoms with van der Waals surface area (Å²) in [4.78, 5) is 17.2. The molecule has 0 fully saturated rings. The molecule has 1 amide bonds. The number of nitrogens with zero attached hydrogens (tertiary/aromatic N) is 1. The third-order valence-electron chi connectivity index (χ3n) is 4.63. The Labute approximate surface area is 159 Å². The molecule has 7 heteroatoms. The smallest absolute Gasteiger partial charge is 0.282 e. The van der Waals surface area contributed by atoms with Gasteiger partial charge in [-0.25, -0.2) is 9.38 Å². The number of anilines is 1. The van der Waals surface area contributed by atoms with Crippen LogP contribution in [0.5, 0.6) is 0 Å². The number of amides is 1. The van der Waals surface area contributed by atoms with Crippen molar-refractivity contribution < 1.29 is 13.9 Å². The second kappa shape index (κ2) is 6.66. The number of hydrogen-bond donors (Lipinski definition) is 2. The Morgan fingerprint density at radius 3 is 2.89 bits per heavy atom. The first-order chi connectivity index (χ1) is 12.9. The van der Waals surface area contributed by atoms with E-state index >= 15 is 0 Å². The molecule has 0 aliphatic carbocycles. The minimum atomic E-state index is -0.922. The van der Waals surface area contributed by atoms with Gasteiger partial charge in [0, 0.05) is 28.9 Å². The van der Waals surface area contributed by atoms with Gasteiger partial charge in [-0.15, -0.1) is 11.3 Å². The average molecular weight is 383 g/mol. The summed E-state index contributed by atoms with van der Waals surface area (Å²) in [6.45, 7) is 2.23. The molecule has 0 bridgehead atoms. The van der Waals surface area contributed by atoms with E-state index < -0.39 is 11.4 Å². The lowest BCUT2D eigenvalue weighted by Crippen LogP contribution is -2.38. The Kier molecular flexibility index (Phi) is 4.31. The molecule has 27 heavy (non-hydrogen) atoms. The second-order valence-electron chi connectivity index (χ2n) is 6.60. The second-order valence-corrected chi connectivity index (χ2v) is 7.68. The van der Waals surface area contributed by atoms with Crippen LogP contribution >= 0.6 is 11.3 Å². The lowest BCUT2D eigenvalue weighted by atomic mass is 9.90. The van der Waals surface area contributed by atoms with Gasteiger partial charge in [0.15, 0.2) is 0 Å². The Bertz CT molecular complexity index is 1030.